The van der Waals surface area contributed by atoms with Crippen LogP contribution in [0.25, 0.3) is 6.08 Å². The van der Waals surface area contributed by atoms with Crippen LogP contribution < -0.4 is 0 Å². The Kier molecular flexibility index (Phi) is 7.67. The summed E-state index contributed by atoms with van der Waals surface area (Å²) in [7, 11) is 0. The van der Waals surface area contributed by atoms with Crippen molar-refractivity contribution in [3.63, 3.8) is 0 Å². The number of hydrogen-bond acceptors (Lipinski definition) is 2. The van der Waals surface area contributed by atoms with Crippen molar-refractivity contribution >= 4 is 46.6 Å². The summed E-state index contributed by atoms with van der Waals surface area (Å²) >= 11 is 18.5. The highest BCUT2D eigenvalue weighted by molar-refractivity contribution is 6.66. The van der Waals surface area contributed by atoms with Gasteiger partial charge in [-0.2, -0.15) is 0 Å². The number of imidazole rings is 1. The van der Waals surface area contributed by atoms with Crippen molar-refractivity contribution < 1.29 is 0 Å². The molecule has 1 aromatic heterocycles. The van der Waals surface area contributed by atoms with Crippen LogP contribution in [0.3, 0.4) is 0 Å². The molecule has 0 saturated heterocycles. The molecule has 6 heteroatoms. The minimum absolute atomic E-state index is 0.187. The Hall–Kier alpha value is -2.33. The monoisotopic (exact) mass is 511 g/mol. The first-order valence-corrected chi connectivity index (χ1v) is 12.5. The van der Waals surface area contributed by atoms with E-state index in [0.29, 0.717) is 5.56 Å². The van der Waals surface area contributed by atoms with E-state index in [1.165, 1.54) is 16.7 Å². The Labute approximate surface area is 216 Å². The van der Waals surface area contributed by atoms with Gasteiger partial charge in [0.25, 0.3) is 0 Å². The van der Waals surface area contributed by atoms with E-state index >= 15 is 0 Å². The molecular weight excluding hydrogens is 485 g/mol. The minimum atomic E-state index is -1.44. The molecule has 2 unspecified atom stereocenters. The average Bonchev–Trinajstić information content (AvgIpc) is 3.31. The van der Waals surface area contributed by atoms with Crippen LogP contribution in [0, 0.1) is 5.92 Å². The number of nitrogens with zero attached hydrogens (tertiary/aromatic N) is 3. The van der Waals surface area contributed by atoms with Crippen molar-refractivity contribution in [2.75, 3.05) is 0 Å². The van der Waals surface area contributed by atoms with Gasteiger partial charge < -0.3 is 4.57 Å². The molecule has 0 aliphatic carbocycles. The largest absolute Gasteiger partial charge is 0.333 e. The Morgan fingerprint density at radius 3 is 2.50 bits per heavy atom. The normalized spacial score (nSPS) is 19.1. The van der Waals surface area contributed by atoms with E-state index < -0.39 is 3.79 Å². The zero-order chi connectivity index (χ0) is 24.3. The molecule has 0 N–H and O–H groups in total. The number of allylic oxidation sites excluding steroid dienone is 3. The van der Waals surface area contributed by atoms with Crippen molar-refractivity contribution in [2.24, 2.45) is 10.9 Å². The second-order valence-corrected chi connectivity index (χ2v) is 11.1. The first-order chi connectivity index (χ1) is 16.2. The molecular formula is C28H28Cl3N3. The lowest BCUT2D eigenvalue weighted by Crippen LogP contribution is -2.24. The zero-order valence-electron chi connectivity index (χ0n) is 19.6. The second kappa shape index (κ2) is 10.5. The number of halogens is 3. The van der Waals surface area contributed by atoms with Crippen LogP contribution in [-0.4, -0.2) is 15.3 Å². The Bertz CT molecular complexity index is 1220. The molecule has 3 aromatic rings. The molecule has 0 fully saturated rings. The summed E-state index contributed by atoms with van der Waals surface area (Å²) in [4.78, 5) is 8.94. The summed E-state index contributed by atoms with van der Waals surface area (Å²) in [6.07, 6.45) is 10.8. The molecule has 1 aliphatic rings. The van der Waals surface area contributed by atoms with Gasteiger partial charge in [-0.25, -0.2) is 4.98 Å². The van der Waals surface area contributed by atoms with Crippen LogP contribution in [0.1, 0.15) is 55.4 Å². The van der Waals surface area contributed by atoms with E-state index in [0.717, 1.165) is 29.9 Å². The minimum Gasteiger partial charge on any atom is -0.333 e. The summed E-state index contributed by atoms with van der Waals surface area (Å²) in [5.41, 5.74) is 7.75. The standard InChI is InChI=1S/C28H28Cl3N3/c1-19-20(2)33-21(3)26(27(19)24-7-5-8-25(16-24)28(29,30)31)9-4-6-22-10-12-23(13-11-22)17-34-15-14-32-18-34/h4-8,10-16,18-19,27H,9,17H2,1-3H3. The predicted octanol–water partition coefficient (Wildman–Crippen LogP) is 8.33. The number of alkyl halides is 3. The molecule has 34 heavy (non-hydrogen) atoms. The molecule has 2 aromatic carbocycles. The van der Waals surface area contributed by atoms with Crippen molar-refractivity contribution in [1.29, 1.82) is 0 Å². The summed E-state index contributed by atoms with van der Waals surface area (Å²) < 4.78 is 0.616. The van der Waals surface area contributed by atoms with Crippen LogP contribution >= 0.6 is 34.8 Å². The maximum Gasteiger partial charge on any atom is 0.216 e. The van der Waals surface area contributed by atoms with Gasteiger partial charge in [0, 0.05) is 47.7 Å². The third kappa shape index (κ3) is 5.83. The Morgan fingerprint density at radius 2 is 1.82 bits per heavy atom. The van der Waals surface area contributed by atoms with Crippen molar-refractivity contribution in [3.05, 3.63) is 107 Å². The highest BCUT2D eigenvalue weighted by Gasteiger charge is 2.31. The predicted molar refractivity (Wildman–Crippen MR) is 145 cm³/mol. The number of rotatable bonds is 6. The van der Waals surface area contributed by atoms with E-state index in [2.05, 4.69) is 72.8 Å². The molecule has 0 saturated carbocycles. The molecule has 3 nitrogen and oxygen atoms in total. The van der Waals surface area contributed by atoms with E-state index in [9.17, 15) is 0 Å². The van der Waals surface area contributed by atoms with Gasteiger partial charge in [0.2, 0.25) is 3.79 Å². The lowest BCUT2D eigenvalue weighted by Gasteiger charge is -2.32. The van der Waals surface area contributed by atoms with Crippen LogP contribution in [0.15, 0.2) is 89.6 Å². The lowest BCUT2D eigenvalue weighted by molar-refractivity contribution is 0.612. The van der Waals surface area contributed by atoms with Crippen LogP contribution in [0.2, 0.25) is 0 Å². The fourth-order valence-corrected chi connectivity index (χ4v) is 4.88. The van der Waals surface area contributed by atoms with E-state index in [-0.39, 0.29) is 11.8 Å². The van der Waals surface area contributed by atoms with Gasteiger partial charge >= 0.3 is 0 Å². The fourth-order valence-electron chi connectivity index (χ4n) is 4.53. The van der Waals surface area contributed by atoms with Gasteiger partial charge in [-0.05, 0) is 42.5 Å². The Balaban J connectivity index is 1.54. The summed E-state index contributed by atoms with van der Waals surface area (Å²) in [5, 5.41) is 0. The molecule has 2 atom stereocenters. The van der Waals surface area contributed by atoms with E-state index in [4.69, 9.17) is 39.8 Å². The molecule has 176 valence electrons. The number of aliphatic imine (C=N–C) groups is 1. The Morgan fingerprint density at radius 1 is 1.06 bits per heavy atom. The number of benzene rings is 2. The van der Waals surface area contributed by atoms with Gasteiger partial charge in [0.05, 0.1) is 6.33 Å². The maximum atomic E-state index is 6.18. The first kappa shape index (κ1) is 24.8. The fraction of sp³-hybridized carbons (Fsp3) is 0.286. The zero-order valence-corrected chi connectivity index (χ0v) is 21.8. The van der Waals surface area contributed by atoms with Crippen molar-refractivity contribution in [2.45, 2.75) is 43.4 Å². The highest BCUT2D eigenvalue weighted by Crippen LogP contribution is 2.43. The smallest absolute Gasteiger partial charge is 0.216 e. The van der Waals surface area contributed by atoms with E-state index in [1.54, 1.807) is 6.20 Å². The van der Waals surface area contributed by atoms with Crippen LogP contribution in [0.4, 0.5) is 0 Å². The first-order valence-electron chi connectivity index (χ1n) is 11.4. The third-order valence-electron chi connectivity index (χ3n) is 6.47. The maximum absolute atomic E-state index is 6.18. The van der Waals surface area contributed by atoms with E-state index in [1.807, 2.05) is 30.7 Å². The summed E-state index contributed by atoms with van der Waals surface area (Å²) in [6.45, 7) is 7.23. The molecule has 0 radical (unpaired) electrons. The molecule has 1 aliphatic heterocycles. The third-order valence-corrected chi connectivity index (χ3v) is 7.12. The molecule has 4 rings (SSSR count). The van der Waals surface area contributed by atoms with Gasteiger partial charge in [0.15, 0.2) is 0 Å². The second-order valence-electron chi connectivity index (χ2n) is 8.84. The molecule has 0 amide bonds. The van der Waals surface area contributed by atoms with Gasteiger partial charge in [0.1, 0.15) is 0 Å². The van der Waals surface area contributed by atoms with Crippen molar-refractivity contribution in [3.8, 4) is 0 Å². The summed E-state index contributed by atoms with van der Waals surface area (Å²) in [5.74, 6) is 0.451. The average molecular weight is 513 g/mol. The lowest BCUT2D eigenvalue weighted by atomic mass is 9.75. The topological polar surface area (TPSA) is 30.2 Å². The number of hydrogen-bond donors (Lipinski definition) is 0. The van der Waals surface area contributed by atoms with Crippen LogP contribution in [-0.2, 0) is 10.3 Å². The van der Waals surface area contributed by atoms with Gasteiger partial charge in [-0.1, -0.05) is 102 Å². The quantitative estimate of drug-likeness (QED) is 0.305. The van der Waals surface area contributed by atoms with Gasteiger partial charge in [-0.15, -0.1) is 0 Å². The summed E-state index contributed by atoms with van der Waals surface area (Å²) in [6, 6.07) is 16.6. The molecule has 0 bridgehead atoms. The number of aromatic nitrogens is 2. The highest BCUT2D eigenvalue weighted by atomic mass is 35.6. The SMILES string of the molecule is CC1=NC(C)=C(CC=Cc2ccc(Cn3ccnc3)cc2)C(c2cccc(C(Cl)(Cl)Cl)c2)C1C. The van der Waals surface area contributed by atoms with Crippen molar-refractivity contribution in [1.82, 2.24) is 9.55 Å². The molecule has 2 heterocycles. The van der Waals surface area contributed by atoms with Gasteiger partial charge in [-0.3, -0.25) is 4.99 Å². The molecule has 0 spiro atoms. The van der Waals surface area contributed by atoms with Crippen LogP contribution in [0.5, 0.6) is 0 Å².